The smallest absolute Gasteiger partial charge is 0.186 e. The van der Waals surface area contributed by atoms with Crippen molar-refractivity contribution < 1.29 is 143 Å². The molecule has 0 spiro atoms. The highest BCUT2D eigenvalue weighted by Crippen LogP contribution is 2.30. The second-order valence-corrected chi connectivity index (χ2v) is 29.9. The molecular formula is C77H115N17O29S. The van der Waals surface area contributed by atoms with E-state index in [2.05, 4.69) is 66.5 Å². The van der Waals surface area contributed by atoms with Gasteiger partial charge in [0.2, 0.25) is 0 Å². The van der Waals surface area contributed by atoms with Crippen molar-refractivity contribution in [2.24, 2.45) is 0 Å². The molecule has 0 radical (unpaired) electrons. The molecule has 47 heteroatoms. The molecule has 0 amide bonds. The number of hydrogen-bond acceptors (Lipinski definition) is 43. The van der Waals surface area contributed by atoms with Crippen molar-refractivity contribution in [3.63, 3.8) is 0 Å². The van der Waals surface area contributed by atoms with Gasteiger partial charge in [0, 0.05) is 38.0 Å². The fraction of sp³-hybridized carbons (Fsp3) is 0.636. The summed E-state index contributed by atoms with van der Waals surface area (Å²) < 4.78 is 77.6. The van der Waals surface area contributed by atoms with E-state index in [4.69, 9.17) is 66.7 Å². The van der Waals surface area contributed by atoms with E-state index in [9.17, 15) is 76.6 Å². The quantitative estimate of drug-likeness (QED) is 0.0160. The predicted molar refractivity (Wildman–Crippen MR) is 424 cm³/mol. The van der Waals surface area contributed by atoms with Crippen molar-refractivity contribution in [1.82, 2.24) is 85.2 Å². The van der Waals surface area contributed by atoms with Crippen molar-refractivity contribution in [3.05, 3.63) is 168 Å². The van der Waals surface area contributed by atoms with Gasteiger partial charge in [-0.05, 0) is 99.4 Å². The highest BCUT2D eigenvalue weighted by molar-refractivity contribution is 7.99. The Hall–Kier alpha value is -7.69. The molecule has 8 aromatic heterocycles. The Bertz CT molecular complexity index is 3570. The van der Waals surface area contributed by atoms with Crippen LogP contribution in [0.15, 0.2) is 122 Å². The zero-order chi connectivity index (χ0) is 88.2. The Kier molecular flexibility index (Phi) is 45.0. The molecule has 0 aliphatic carbocycles. The lowest BCUT2D eigenvalue weighted by Crippen LogP contribution is -2.62. The zero-order valence-corrected chi connectivity index (χ0v) is 68.9. The molecule has 0 aromatic carbocycles. The van der Waals surface area contributed by atoms with Gasteiger partial charge in [0.1, 0.15) is 159 Å². The van der Waals surface area contributed by atoms with Crippen LogP contribution in [0.5, 0.6) is 0 Å². The van der Waals surface area contributed by atoms with E-state index in [1.54, 1.807) is 63.6 Å². The second kappa shape index (κ2) is 55.8. The normalized spacial score (nSPS) is 26.3. The topological polar surface area (TPSA) is 630 Å². The number of ether oxygens (including phenoxy) is 13. The standard InChI is InChI=1S/C20H30N4O7.C19H29N5O7.C19H28N4O8.C19H28N4O7S/c25-10-17-19(27)20(28)18(26)16(31-17)6-2-4-8-29-13-24-9-15(22-23-24)12-30-11-14-5-1-3-7-21-14;25-9-15-16(26)17(27)18(28)19(31-15)21-6-3-7-29-12-24-8-14(22-23-24)11-30-10-13-4-1-2-5-20-13;24-9-15-16(25)17(26)18(27)19(31-15)30-7-3-6-28-12-23-8-14(21-22-23)11-29-10-13-4-1-2-5-20-13;24-9-15-16(25)17(26)18(27)19(30-15)31-7-3-6-28-12-23-8-14(21-22-23)11-29-10-13-4-1-2-5-20-13/h1,3,5,7,9,16-20,25-28H,2,4,6,8,10-13H2;1-2,4-5,8,15-19,21,25-28H,3,6-7,9-12H2;2*1-2,4-5,8,15-19,24-27H,3,6-7,9-12H2. The van der Waals surface area contributed by atoms with Crippen LogP contribution in [-0.4, -0.2) is 355 Å². The summed E-state index contributed by atoms with van der Waals surface area (Å²) in [6.07, 6.45) is -4.96. The van der Waals surface area contributed by atoms with Gasteiger partial charge in [-0.15, -0.1) is 32.2 Å². The minimum absolute atomic E-state index is 0.187. The molecule has 4 fully saturated rings. The average molecular weight is 1770 g/mol. The first kappa shape index (κ1) is 100. The monoisotopic (exact) mass is 1770 g/mol. The highest BCUT2D eigenvalue weighted by atomic mass is 32.2. The van der Waals surface area contributed by atoms with Crippen LogP contribution < -0.4 is 5.32 Å². The Balaban J connectivity index is 0.000000187. The summed E-state index contributed by atoms with van der Waals surface area (Å²) >= 11 is 1.30. The molecule has 4 aliphatic rings. The summed E-state index contributed by atoms with van der Waals surface area (Å²) in [5, 5.41) is 190. The maximum absolute atomic E-state index is 10.0. The molecule has 46 nitrogen and oxygen atoms in total. The van der Waals surface area contributed by atoms with Gasteiger partial charge in [-0.25, -0.2) is 18.7 Å². The predicted octanol–water partition coefficient (Wildman–Crippen LogP) is -4.62. The van der Waals surface area contributed by atoms with E-state index in [0.717, 1.165) is 22.8 Å². The van der Waals surface area contributed by atoms with Crippen LogP contribution in [0.2, 0.25) is 0 Å². The molecule has 0 saturated carbocycles. The Labute approximate surface area is 717 Å². The number of unbranched alkanes of at least 4 members (excludes halogenated alkanes) is 1. The SMILES string of the molecule is OCC1OC(CCCCOCn2cc(COCc3ccccn3)nn2)C(O)C(O)C1O.OCC1OC(NCCCOCn2cc(COCc3ccccn3)nn2)C(O)C(O)C1O.OCC1OC(OCCCOCn2cc(COCc3ccccn3)nn2)C(O)C(O)C1O.OCC1OC(SCCCOCn2cc(COCc3ccccn3)nn2)C(O)C(O)C1O. The number of aliphatic hydroxyl groups is 16. The van der Waals surface area contributed by atoms with Gasteiger partial charge in [-0.3, -0.25) is 25.3 Å². The largest absolute Gasteiger partial charge is 0.394 e. The van der Waals surface area contributed by atoms with E-state index in [1.807, 2.05) is 72.8 Å². The zero-order valence-electron chi connectivity index (χ0n) is 68.1. The number of aromatic nitrogens is 16. The first-order valence-corrected chi connectivity index (χ1v) is 41.3. The van der Waals surface area contributed by atoms with Gasteiger partial charge in [0.25, 0.3) is 0 Å². The van der Waals surface area contributed by atoms with E-state index < -0.39 is 148 Å². The summed E-state index contributed by atoms with van der Waals surface area (Å²) in [4.78, 5) is 16.7. The second-order valence-electron chi connectivity index (χ2n) is 28.7. The third kappa shape index (κ3) is 33.8. The van der Waals surface area contributed by atoms with Crippen molar-refractivity contribution in [2.75, 3.05) is 71.8 Å². The molecule has 12 heterocycles. The van der Waals surface area contributed by atoms with Crippen LogP contribution in [0, 0.1) is 0 Å². The van der Waals surface area contributed by atoms with Crippen LogP contribution in [0.25, 0.3) is 0 Å². The van der Waals surface area contributed by atoms with Crippen molar-refractivity contribution >= 4 is 11.8 Å². The number of hydrogen-bond donors (Lipinski definition) is 17. The Morgan fingerprint density at radius 3 is 1.08 bits per heavy atom. The highest BCUT2D eigenvalue weighted by Gasteiger charge is 2.47. The van der Waals surface area contributed by atoms with Crippen LogP contribution in [-0.2, 0) is 141 Å². The number of nitrogens with one attached hydrogen (secondary N) is 1. The third-order valence-corrected chi connectivity index (χ3v) is 20.2. The number of aliphatic hydroxyl groups excluding tert-OH is 16. The third-order valence-electron chi connectivity index (χ3n) is 19.0. The summed E-state index contributed by atoms with van der Waals surface area (Å²) in [6.45, 7) is 4.31. The first-order valence-electron chi connectivity index (χ1n) is 40.3. The molecule has 17 N–H and O–H groups in total. The lowest BCUT2D eigenvalue weighted by molar-refractivity contribution is -0.301. The van der Waals surface area contributed by atoms with Gasteiger partial charge in [-0.1, -0.05) is 45.1 Å². The minimum atomic E-state index is -1.46. The maximum atomic E-state index is 10.0. The van der Waals surface area contributed by atoms with E-state index in [1.165, 1.54) is 16.4 Å². The van der Waals surface area contributed by atoms with Gasteiger partial charge in [0.05, 0.1) is 153 Å². The van der Waals surface area contributed by atoms with Crippen LogP contribution >= 0.6 is 11.8 Å². The van der Waals surface area contributed by atoms with Gasteiger partial charge in [-0.2, -0.15) is 0 Å². The molecule has 20 unspecified atom stereocenters. The number of pyridine rings is 4. The first-order chi connectivity index (χ1) is 60.3. The molecular weight excluding hydrogens is 1660 g/mol. The van der Waals surface area contributed by atoms with Gasteiger partial charge < -0.3 is 143 Å². The molecule has 12 rings (SSSR count). The lowest BCUT2D eigenvalue weighted by Gasteiger charge is -2.40. The summed E-state index contributed by atoms with van der Waals surface area (Å²) in [5.41, 5.74) is 5.40. The van der Waals surface area contributed by atoms with E-state index in [-0.39, 0.29) is 33.5 Å². The molecule has 20 atom stereocenters. The lowest BCUT2D eigenvalue weighted by atomic mass is 9.92. The van der Waals surface area contributed by atoms with Crippen molar-refractivity contribution in [2.45, 2.75) is 240 Å². The summed E-state index contributed by atoms with van der Waals surface area (Å²) in [5.74, 6) is 0.604. The van der Waals surface area contributed by atoms with Crippen LogP contribution in [0.4, 0.5) is 0 Å². The van der Waals surface area contributed by atoms with E-state index >= 15 is 0 Å². The number of nitrogens with zero attached hydrogens (tertiary/aromatic N) is 16. The maximum Gasteiger partial charge on any atom is 0.186 e. The molecule has 688 valence electrons. The molecule has 4 aliphatic heterocycles. The molecule has 8 aromatic rings. The van der Waals surface area contributed by atoms with Crippen LogP contribution in [0.3, 0.4) is 0 Å². The molecule has 124 heavy (non-hydrogen) atoms. The fourth-order valence-corrected chi connectivity index (χ4v) is 13.4. The van der Waals surface area contributed by atoms with Crippen LogP contribution in [0.1, 0.15) is 84.1 Å². The van der Waals surface area contributed by atoms with Crippen molar-refractivity contribution in [1.29, 1.82) is 0 Å². The molecule has 4 saturated heterocycles. The Morgan fingerprint density at radius 2 is 0.669 bits per heavy atom. The van der Waals surface area contributed by atoms with Crippen molar-refractivity contribution in [3.8, 4) is 0 Å². The van der Waals surface area contributed by atoms with E-state index in [0.29, 0.717) is 153 Å². The number of rotatable bonds is 48. The summed E-state index contributed by atoms with van der Waals surface area (Å²) in [6, 6.07) is 22.6. The fourth-order valence-electron chi connectivity index (χ4n) is 12.3. The number of thioether (sulfide) groups is 1. The minimum Gasteiger partial charge on any atom is -0.394 e. The molecule has 0 bridgehead atoms. The Morgan fingerprint density at radius 1 is 0.323 bits per heavy atom. The van der Waals surface area contributed by atoms with Gasteiger partial charge >= 0.3 is 0 Å². The van der Waals surface area contributed by atoms with Gasteiger partial charge in [0.15, 0.2) is 6.29 Å². The average Bonchev–Trinajstić information content (AvgIpc) is 0.963. The summed E-state index contributed by atoms with van der Waals surface area (Å²) in [7, 11) is 0.